The van der Waals surface area contributed by atoms with E-state index in [1.54, 1.807) is 0 Å². The summed E-state index contributed by atoms with van der Waals surface area (Å²) in [6, 6.07) is 0. The van der Waals surface area contributed by atoms with Gasteiger partial charge in [0.2, 0.25) is 0 Å². The van der Waals surface area contributed by atoms with E-state index < -0.39 is 0 Å². The van der Waals surface area contributed by atoms with Crippen molar-refractivity contribution in [1.82, 2.24) is 15.1 Å². The minimum atomic E-state index is 0.721. The molecule has 0 bridgehead atoms. The number of hydrogen-bond donors (Lipinski definition) is 0. The van der Waals surface area contributed by atoms with Crippen LogP contribution in [0.15, 0.2) is 11.5 Å². The van der Waals surface area contributed by atoms with Crippen LogP contribution < -0.4 is 0 Å². The Bertz CT molecular complexity index is 206. The highest BCUT2D eigenvalue weighted by atomic mass is 16.3. The largest absolute Gasteiger partial charge is 0.137 e. The number of nitrogens with zero attached hydrogens (tertiary/aromatic N) is 4. The standard InChI is InChI=1S/C4H6N4O/c1-2-4-3-5-6-8(4)7-9/h3H,2H2,1H3. The molecule has 0 fully saturated rings. The molecule has 0 unspecified atom stereocenters. The maximum absolute atomic E-state index is 9.86. The minimum absolute atomic E-state index is 0.721. The van der Waals surface area contributed by atoms with E-state index in [0.717, 1.165) is 16.9 Å². The lowest BCUT2D eigenvalue weighted by Gasteiger charge is -1.86. The predicted octanol–water partition coefficient (Wildman–Crippen LogP) is 0.370. The second kappa shape index (κ2) is 2.34. The smallest absolute Gasteiger partial charge is 0.0880 e. The summed E-state index contributed by atoms with van der Waals surface area (Å²) in [5.74, 6) is 0. The van der Waals surface area contributed by atoms with Gasteiger partial charge >= 0.3 is 0 Å². The Balaban J connectivity index is 2.98. The van der Waals surface area contributed by atoms with Crippen molar-refractivity contribution in [3.8, 4) is 0 Å². The highest BCUT2D eigenvalue weighted by molar-refractivity contribution is 4.91. The summed E-state index contributed by atoms with van der Waals surface area (Å²) in [6.45, 7) is 1.90. The number of hydrogen-bond acceptors (Lipinski definition) is 4. The van der Waals surface area contributed by atoms with Gasteiger partial charge in [0.1, 0.15) is 0 Å². The van der Waals surface area contributed by atoms with Gasteiger partial charge in [0.15, 0.2) is 0 Å². The fourth-order valence-corrected chi connectivity index (χ4v) is 0.552. The lowest BCUT2D eigenvalue weighted by molar-refractivity contribution is 0.656. The lowest BCUT2D eigenvalue weighted by Crippen LogP contribution is -1.94. The zero-order chi connectivity index (χ0) is 6.69. The highest BCUT2D eigenvalue weighted by Gasteiger charge is 1.97. The van der Waals surface area contributed by atoms with Crippen LogP contribution in [0.5, 0.6) is 0 Å². The molecule has 48 valence electrons. The van der Waals surface area contributed by atoms with Crippen molar-refractivity contribution in [1.29, 1.82) is 0 Å². The fourth-order valence-electron chi connectivity index (χ4n) is 0.552. The van der Waals surface area contributed by atoms with Crippen LogP contribution in [0.2, 0.25) is 0 Å². The minimum Gasteiger partial charge on any atom is -0.137 e. The zero-order valence-electron chi connectivity index (χ0n) is 4.98. The average molecular weight is 126 g/mol. The molecule has 0 saturated carbocycles. The van der Waals surface area contributed by atoms with E-state index in [1.807, 2.05) is 6.92 Å². The van der Waals surface area contributed by atoms with Gasteiger partial charge in [-0.25, -0.2) is 0 Å². The Morgan fingerprint density at radius 2 is 2.67 bits per heavy atom. The third kappa shape index (κ3) is 0.933. The summed E-state index contributed by atoms with van der Waals surface area (Å²) in [5.41, 5.74) is 0.727. The van der Waals surface area contributed by atoms with E-state index in [1.165, 1.54) is 6.20 Å². The second-order valence-corrected chi connectivity index (χ2v) is 1.55. The summed E-state index contributed by atoms with van der Waals surface area (Å²) in [5, 5.41) is 9.47. The summed E-state index contributed by atoms with van der Waals surface area (Å²) in [7, 11) is 0. The van der Waals surface area contributed by atoms with E-state index in [4.69, 9.17) is 0 Å². The molecule has 5 heteroatoms. The summed E-state index contributed by atoms with van der Waals surface area (Å²) in [4.78, 5) is 10.8. The molecule has 0 radical (unpaired) electrons. The SMILES string of the molecule is CCc1cnnn1N=O. The number of nitroso groups, excluding NO2 is 1. The Morgan fingerprint density at radius 3 is 3.11 bits per heavy atom. The van der Waals surface area contributed by atoms with Crippen molar-refractivity contribution in [3.63, 3.8) is 0 Å². The first-order valence-electron chi connectivity index (χ1n) is 2.61. The third-order valence-electron chi connectivity index (χ3n) is 1.04. The monoisotopic (exact) mass is 126 g/mol. The van der Waals surface area contributed by atoms with Crippen molar-refractivity contribution < 1.29 is 0 Å². The van der Waals surface area contributed by atoms with E-state index in [0.29, 0.717) is 0 Å². The van der Waals surface area contributed by atoms with Gasteiger partial charge in [-0.3, -0.25) is 0 Å². The molecular formula is C4H6N4O. The van der Waals surface area contributed by atoms with Crippen molar-refractivity contribution in [3.05, 3.63) is 16.8 Å². The molecule has 5 nitrogen and oxygen atoms in total. The molecule has 0 saturated heterocycles. The van der Waals surface area contributed by atoms with Crippen LogP contribution in [0.3, 0.4) is 0 Å². The molecular weight excluding hydrogens is 120 g/mol. The van der Waals surface area contributed by atoms with Crippen LogP contribution in [0.1, 0.15) is 12.6 Å². The van der Waals surface area contributed by atoms with Gasteiger partial charge in [-0.05, 0) is 11.6 Å². The van der Waals surface area contributed by atoms with Gasteiger partial charge in [0.25, 0.3) is 0 Å². The van der Waals surface area contributed by atoms with Crippen LogP contribution in [-0.2, 0) is 6.42 Å². The van der Waals surface area contributed by atoms with Gasteiger partial charge in [-0.2, -0.15) is 0 Å². The normalized spacial score (nSPS) is 9.44. The molecule has 0 N–H and O–H groups in total. The maximum Gasteiger partial charge on any atom is 0.0880 e. The first kappa shape index (κ1) is 5.87. The quantitative estimate of drug-likeness (QED) is 0.538. The number of aryl methyl sites for hydroxylation is 1. The molecule has 1 rings (SSSR count). The van der Waals surface area contributed by atoms with Gasteiger partial charge in [0, 0.05) is 0 Å². The van der Waals surface area contributed by atoms with E-state index >= 15 is 0 Å². The summed E-state index contributed by atoms with van der Waals surface area (Å²) < 4.78 is 0. The molecule has 0 aliphatic carbocycles. The molecule has 0 amide bonds. The molecule has 1 aromatic heterocycles. The topological polar surface area (TPSA) is 60.1 Å². The van der Waals surface area contributed by atoms with Crippen molar-refractivity contribution in [2.75, 3.05) is 0 Å². The molecule has 0 atom stereocenters. The van der Waals surface area contributed by atoms with Gasteiger partial charge < -0.3 is 0 Å². The Kier molecular flexibility index (Phi) is 1.53. The van der Waals surface area contributed by atoms with Crippen LogP contribution in [0.4, 0.5) is 0 Å². The maximum atomic E-state index is 9.86. The average Bonchev–Trinajstić information content (AvgIpc) is 2.33. The van der Waals surface area contributed by atoms with E-state index in [-0.39, 0.29) is 0 Å². The van der Waals surface area contributed by atoms with E-state index in [9.17, 15) is 4.91 Å². The molecule has 0 aliphatic rings. The predicted molar refractivity (Wildman–Crippen MR) is 30.6 cm³/mol. The first-order valence-corrected chi connectivity index (χ1v) is 2.61. The molecule has 1 heterocycles. The molecule has 0 spiro atoms. The van der Waals surface area contributed by atoms with Crippen LogP contribution in [0.25, 0.3) is 0 Å². The number of rotatable bonds is 2. The van der Waals surface area contributed by atoms with Crippen molar-refractivity contribution in [2.45, 2.75) is 13.3 Å². The van der Waals surface area contributed by atoms with Crippen molar-refractivity contribution >= 4 is 0 Å². The summed E-state index contributed by atoms with van der Waals surface area (Å²) in [6.07, 6.45) is 2.24. The lowest BCUT2D eigenvalue weighted by atomic mass is 10.4. The molecule has 0 aromatic carbocycles. The fraction of sp³-hybridized carbons (Fsp3) is 0.500. The van der Waals surface area contributed by atoms with Crippen LogP contribution >= 0.6 is 0 Å². The number of aromatic nitrogens is 3. The summed E-state index contributed by atoms with van der Waals surface area (Å²) >= 11 is 0. The second-order valence-electron chi connectivity index (χ2n) is 1.55. The zero-order valence-corrected chi connectivity index (χ0v) is 4.98. The van der Waals surface area contributed by atoms with Crippen LogP contribution in [0, 0.1) is 4.91 Å². The molecule has 0 aliphatic heterocycles. The first-order chi connectivity index (χ1) is 4.38. The van der Waals surface area contributed by atoms with Crippen molar-refractivity contribution in [2.24, 2.45) is 5.29 Å². The Hall–Kier alpha value is -1.26. The molecule has 1 aromatic rings. The van der Waals surface area contributed by atoms with Gasteiger partial charge in [0.05, 0.1) is 17.2 Å². The van der Waals surface area contributed by atoms with Gasteiger partial charge in [-0.1, -0.05) is 11.7 Å². The Labute approximate surface area is 51.6 Å². The van der Waals surface area contributed by atoms with Crippen LogP contribution in [-0.4, -0.2) is 15.1 Å². The highest BCUT2D eigenvalue weighted by Crippen LogP contribution is 1.94. The Morgan fingerprint density at radius 1 is 1.89 bits per heavy atom. The molecule has 9 heavy (non-hydrogen) atoms. The third-order valence-corrected chi connectivity index (χ3v) is 1.04. The van der Waals surface area contributed by atoms with E-state index in [2.05, 4.69) is 15.6 Å². The van der Waals surface area contributed by atoms with Gasteiger partial charge in [-0.15, -0.1) is 10.0 Å².